The van der Waals surface area contributed by atoms with Crippen LogP contribution in [0, 0.1) is 45.3 Å². The van der Waals surface area contributed by atoms with Crippen molar-refractivity contribution < 1.29 is 14.9 Å². The molecule has 0 unspecified atom stereocenters. The van der Waals surface area contributed by atoms with Crippen LogP contribution in [0.2, 0.25) is 0 Å². The molecule has 7 heteroatoms. The van der Waals surface area contributed by atoms with Gasteiger partial charge in [0.25, 0.3) is 0 Å². The van der Waals surface area contributed by atoms with Crippen molar-refractivity contribution in [2.75, 3.05) is 7.11 Å². The van der Waals surface area contributed by atoms with E-state index in [0.29, 0.717) is 0 Å². The number of aromatic hydroxyl groups is 2. The van der Waals surface area contributed by atoms with E-state index in [1.54, 1.807) is 18.2 Å². The second-order valence-electron chi connectivity index (χ2n) is 3.87. The molecule has 0 aromatic heterocycles. The Hall–Kier alpha value is -3.50. The minimum absolute atomic E-state index is 0.0119. The lowest BCUT2D eigenvalue weighted by Gasteiger charge is -2.07. The molecule has 0 atom stereocenters. The molecule has 21 heavy (non-hydrogen) atoms. The quantitative estimate of drug-likeness (QED) is 0.435. The SMILES string of the molecule is COc1cc(/C=C(\C#N)C(=N)C(C#N)C#N)cc(O)c1O. The number of ether oxygens (including phenoxy) is 1. The van der Waals surface area contributed by atoms with Gasteiger partial charge in [0.05, 0.1) is 30.5 Å². The fraction of sp³-hybridized carbons (Fsp3) is 0.143. The molecule has 1 aromatic rings. The smallest absolute Gasteiger partial charge is 0.200 e. The molecule has 1 aromatic carbocycles. The predicted octanol–water partition coefficient (Wildman–Crippen LogP) is 1.70. The van der Waals surface area contributed by atoms with Gasteiger partial charge in [-0.3, -0.25) is 0 Å². The highest BCUT2D eigenvalue weighted by molar-refractivity contribution is 6.08. The van der Waals surface area contributed by atoms with Crippen molar-refractivity contribution >= 4 is 11.8 Å². The first-order valence-corrected chi connectivity index (χ1v) is 5.58. The van der Waals surface area contributed by atoms with E-state index in [1.807, 2.05) is 0 Å². The summed E-state index contributed by atoms with van der Waals surface area (Å²) >= 11 is 0. The van der Waals surface area contributed by atoms with Gasteiger partial charge < -0.3 is 20.4 Å². The minimum Gasteiger partial charge on any atom is -0.504 e. The zero-order chi connectivity index (χ0) is 16.0. The third kappa shape index (κ3) is 3.28. The summed E-state index contributed by atoms with van der Waals surface area (Å²) in [6.07, 6.45) is 1.21. The zero-order valence-electron chi connectivity index (χ0n) is 11.0. The van der Waals surface area contributed by atoms with Crippen LogP contribution >= 0.6 is 0 Å². The normalized spacial score (nSPS) is 10.3. The molecule has 0 amide bonds. The monoisotopic (exact) mass is 282 g/mol. The summed E-state index contributed by atoms with van der Waals surface area (Å²) in [7, 11) is 1.29. The topological polar surface area (TPSA) is 145 Å². The van der Waals surface area contributed by atoms with Gasteiger partial charge in [0, 0.05) is 0 Å². The van der Waals surface area contributed by atoms with E-state index in [9.17, 15) is 10.2 Å². The first-order valence-electron chi connectivity index (χ1n) is 5.58. The van der Waals surface area contributed by atoms with E-state index < -0.39 is 23.1 Å². The van der Waals surface area contributed by atoms with Crippen LogP contribution in [0.4, 0.5) is 0 Å². The lowest BCUT2D eigenvalue weighted by Crippen LogP contribution is -2.11. The number of rotatable bonds is 4. The maximum absolute atomic E-state index is 9.54. The van der Waals surface area contributed by atoms with Gasteiger partial charge >= 0.3 is 0 Å². The van der Waals surface area contributed by atoms with Crippen LogP contribution in [0.15, 0.2) is 17.7 Å². The van der Waals surface area contributed by atoms with Crippen LogP contribution in [-0.4, -0.2) is 23.0 Å². The highest BCUT2D eigenvalue weighted by atomic mass is 16.5. The van der Waals surface area contributed by atoms with E-state index in [0.717, 1.165) is 6.07 Å². The number of benzene rings is 1. The number of methoxy groups -OCH3 is 1. The molecule has 0 radical (unpaired) electrons. The Morgan fingerprint density at radius 2 is 1.90 bits per heavy atom. The summed E-state index contributed by atoms with van der Waals surface area (Å²) < 4.78 is 4.85. The molecule has 104 valence electrons. The number of nitrogens with one attached hydrogen (secondary N) is 1. The maximum Gasteiger partial charge on any atom is 0.200 e. The van der Waals surface area contributed by atoms with Gasteiger partial charge in [0.2, 0.25) is 5.75 Å². The third-order valence-electron chi connectivity index (χ3n) is 2.57. The van der Waals surface area contributed by atoms with Gasteiger partial charge in [-0.1, -0.05) is 0 Å². The van der Waals surface area contributed by atoms with Crippen LogP contribution in [-0.2, 0) is 0 Å². The van der Waals surface area contributed by atoms with Crippen LogP contribution in [0.25, 0.3) is 6.08 Å². The fourth-order valence-corrected chi connectivity index (χ4v) is 1.50. The van der Waals surface area contributed by atoms with Gasteiger partial charge in [0.1, 0.15) is 6.07 Å². The lowest BCUT2D eigenvalue weighted by molar-refractivity contribution is 0.351. The zero-order valence-corrected chi connectivity index (χ0v) is 11.0. The second-order valence-corrected chi connectivity index (χ2v) is 3.87. The van der Waals surface area contributed by atoms with Crippen LogP contribution < -0.4 is 4.74 Å². The van der Waals surface area contributed by atoms with E-state index in [1.165, 1.54) is 19.3 Å². The molecule has 0 heterocycles. The molecule has 0 aliphatic heterocycles. The average Bonchev–Trinajstić information content (AvgIpc) is 2.49. The Bertz CT molecular complexity index is 718. The molecule has 0 saturated carbocycles. The average molecular weight is 282 g/mol. The van der Waals surface area contributed by atoms with Gasteiger partial charge in [0.15, 0.2) is 17.4 Å². The molecule has 0 fully saturated rings. The molecular formula is C14H10N4O3. The van der Waals surface area contributed by atoms with Gasteiger partial charge in [-0.25, -0.2) is 0 Å². The van der Waals surface area contributed by atoms with Crippen LogP contribution in [0.3, 0.4) is 0 Å². The summed E-state index contributed by atoms with van der Waals surface area (Å²) in [5.74, 6) is -2.28. The molecule has 0 saturated heterocycles. The molecule has 0 bridgehead atoms. The van der Waals surface area contributed by atoms with Crippen molar-refractivity contribution in [3.8, 4) is 35.5 Å². The summed E-state index contributed by atoms with van der Waals surface area (Å²) in [6.45, 7) is 0. The van der Waals surface area contributed by atoms with Crippen molar-refractivity contribution in [2.45, 2.75) is 0 Å². The molecule has 3 N–H and O–H groups in total. The third-order valence-corrected chi connectivity index (χ3v) is 2.57. The highest BCUT2D eigenvalue weighted by Gasteiger charge is 2.18. The van der Waals surface area contributed by atoms with Crippen molar-refractivity contribution in [3.05, 3.63) is 23.3 Å². The number of phenols is 2. The van der Waals surface area contributed by atoms with Crippen LogP contribution in [0.1, 0.15) is 5.56 Å². The Morgan fingerprint density at radius 3 is 2.38 bits per heavy atom. The molecule has 0 aliphatic rings. The fourth-order valence-electron chi connectivity index (χ4n) is 1.50. The number of nitrogens with zero attached hydrogens (tertiary/aromatic N) is 3. The number of hydrogen-bond acceptors (Lipinski definition) is 7. The molecule has 0 spiro atoms. The van der Waals surface area contributed by atoms with Gasteiger partial charge in [-0.05, 0) is 23.8 Å². The standard InChI is InChI=1S/C14H10N4O3/c1-21-12-4-8(3-11(19)14(12)20)2-9(5-15)13(18)10(6-16)7-17/h2-4,10,18-20H,1H3/b9-2+,18-13?. The van der Waals surface area contributed by atoms with Gasteiger partial charge in [-0.15, -0.1) is 0 Å². The number of nitriles is 3. The Morgan fingerprint density at radius 1 is 1.29 bits per heavy atom. The summed E-state index contributed by atoms with van der Waals surface area (Å²) in [6, 6.07) is 7.43. The Labute approximate surface area is 120 Å². The first kappa shape index (κ1) is 15.6. The van der Waals surface area contributed by atoms with Gasteiger partial charge in [-0.2, -0.15) is 15.8 Å². The molecule has 7 nitrogen and oxygen atoms in total. The maximum atomic E-state index is 9.54. The van der Waals surface area contributed by atoms with Crippen molar-refractivity contribution in [3.63, 3.8) is 0 Å². The first-order chi connectivity index (χ1) is 9.98. The Balaban J connectivity index is 3.32. The highest BCUT2D eigenvalue weighted by Crippen LogP contribution is 2.36. The number of allylic oxidation sites excluding steroid dienone is 1. The van der Waals surface area contributed by atoms with Crippen LogP contribution in [0.5, 0.6) is 17.2 Å². The number of hydrogen-bond donors (Lipinski definition) is 3. The molecular weight excluding hydrogens is 272 g/mol. The summed E-state index contributed by atoms with van der Waals surface area (Å²) in [5, 5.41) is 53.2. The van der Waals surface area contributed by atoms with Crippen molar-refractivity contribution in [1.29, 1.82) is 21.2 Å². The predicted molar refractivity (Wildman–Crippen MR) is 72.4 cm³/mol. The second kappa shape index (κ2) is 6.60. The van der Waals surface area contributed by atoms with E-state index >= 15 is 0 Å². The molecule has 1 rings (SSSR count). The summed E-state index contributed by atoms with van der Waals surface area (Å²) in [4.78, 5) is 0. The van der Waals surface area contributed by atoms with Crippen molar-refractivity contribution in [1.82, 2.24) is 0 Å². The van der Waals surface area contributed by atoms with E-state index in [-0.39, 0.29) is 16.9 Å². The molecule has 0 aliphatic carbocycles. The largest absolute Gasteiger partial charge is 0.504 e. The summed E-state index contributed by atoms with van der Waals surface area (Å²) in [5.41, 5.74) is -0.359. The Kier molecular flexibility index (Phi) is 4.89. The lowest BCUT2D eigenvalue weighted by atomic mass is 9.98. The van der Waals surface area contributed by atoms with E-state index in [2.05, 4.69) is 0 Å². The number of phenolic OH excluding ortho intramolecular Hbond substituents is 2. The van der Waals surface area contributed by atoms with Crippen molar-refractivity contribution in [2.24, 2.45) is 5.92 Å². The minimum atomic E-state index is -1.36. The van der Waals surface area contributed by atoms with E-state index in [4.69, 9.17) is 25.9 Å².